The van der Waals surface area contributed by atoms with Crippen molar-refractivity contribution in [2.45, 2.75) is 18.7 Å². The average molecular weight is 551 g/mol. The molecule has 3 aromatic rings. The van der Waals surface area contributed by atoms with Crippen LogP contribution in [0.1, 0.15) is 21.7 Å². The highest BCUT2D eigenvalue weighted by molar-refractivity contribution is 9.10. The Balaban J connectivity index is 1.82. The maximum atomic E-state index is 12.6. The van der Waals surface area contributed by atoms with Gasteiger partial charge >= 0.3 is 0 Å². The molecular weight excluding hydrogens is 536 g/mol. The second kappa shape index (κ2) is 9.48. The first-order chi connectivity index (χ1) is 15.9. The zero-order valence-corrected chi connectivity index (χ0v) is 19.9. The van der Waals surface area contributed by atoms with Gasteiger partial charge < -0.3 is 5.32 Å². The van der Waals surface area contributed by atoms with Crippen LogP contribution in [-0.4, -0.2) is 34.1 Å². The number of carbonyl (C=O) groups excluding carboxylic acids is 1. The molecule has 34 heavy (non-hydrogen) atoms. The Morgan fingerprint density at radius 3 is 1.91 bits per heavy atom. The number of aryl methyl sites for hydroxylation is 2. The molecule has 1 aromatic heterocycles. The standard InChI is InChI=1S/C19H15BrN6O7S/c1-10-7-11(2)22-19(21-10)24-34(32,33)14-5-3-13(4-6-14)23-18(27)12-8-15(25(28)29)17(20)16(9-12)26(30)31/h3-9H,1-2H3,(H,23,27)(H,21,22,24). The van der Waals surface area contributed by atoms with Crippen LogP contribution in [0.2, 0.25) is 0 Å². The van der Waals surface area contributed by atoms with Gasteiger partial charge in [-0.25, -0.2) is 23.1 Å². The third kappa shape index (κ3) is 5.49. The minimum Gasteiger partial charge on any atom is -0.322 e. The van der Waals surface area contributed by atoms with Gasteiger partial charge in [-0.2, -0.15) is 0 Å². The summed E-state index contributed by atoms with van der Waals surface area (Å²) in [5, 5.41) is 24.8. The van der Waals surface area contributed by atoms with E-state index < -0.39 is 37.2 Å². The summed E-state index contributed by atoms with van der Waals surface area (Å²) >= 11 is 2.80. The number of nitro groups is 2. The molecule has 0 aliphatic carbocycles. The lowest BCUT2D eigenvalue weighted by Gasteiger charge is -2.10. The quantitative estimate of drug-likeness (QED) is 0.326. The molecule has 2 N–H and O–H groups in total. The van der Waals surface area contributed by atoms with E-state index in [0.29, 0.717) is 11.4 Å². The smallest absolute Gasteiger partial charge is 0.291 e. The van der Waals surface area contributed by atoms with Crippen molar-refractivity contribution in [3.8, 4) is 0 Å². The molecular formula is C19H15BrN6O7S. The van der Waals surface area contributed by atoms with Crippen LogP contribution in [0.4, 0.5) is 23.0 Å². The van der Waals surface area contributed by atoms with Crippen molar-refractivity contribution < 1.29 is 23.1 Å². The molecule has 0 fully saturated rings. The summed E-state index contributed by atoms with van der Waals surface area (Å²) in [6.07, 6.45) is 0. The molecule has 0 spiro atoms. The van der Waals surface area contributed by atoms with E-state index in [1.807, 2.05) is 0 Å². The van der Waals surface area contributed by atoms with E-state index in [2.05, 4.69) is 35.9 Å². The van der Waals surface area contributed by atoms with E-state index in [1.54, 1.807) is 19.9 Å². The molecule has 1 amide bonds. The summed E-state index contributed by atoms with van der Waals surface area (Å²) in [5.41, 5.74) is -0.318. The normalized spacial score (nSPS) is 11.0. The van der Waals surface area contributed by atoms with Gasteiger partial charge in [-0.05, 0) is 60.1 Å². The van der Waals surface area contributed by atoms with Crippen LogP contribution in [0.3, 0.4) is 0 Å². The molecule has 0 saturated heterocycles. The van der Waals surface area contributed by atoms with Gasteiger partial charge in [0.2, 0.25) is 5.95 Å². The van der Waals surface area contributed by atoms with Gasteiger partial charge in [0.15, 0.2) is 4.47 Å². The fraction of sp³-hybridized carbons (Fsp3) is 0.105. The van der Waals surface area contributed by atoms with E-state index in [9.17, 15) is 33.4 Å². The van der Waals surface area contributed by atoms with Gasteiger partial charge in [0.1, 0.15) is 0 Å². The van der Waals surface area contributed by atoms with Crippen molar-refractivity contribution in [3.05, 3.63) is 84.1 Å². The van der Waals surface area contributed by atoms with Crippen molar-refractivity contribution in [2.75, 3.05) is 10.0 Å². The highest BCUT2D eigenvalue weighted by atomic mass is 79.9. The number of rotatable bonds is 7. The van der Waals surface area contributed by atoms with Gasteiger partial charge in [0.25, 0.3) is 27.3 Å². The van der Waals surface area contributed by atoms with E-state index in [4.69, 9.17) is 0 Å². The lowest BCUT2D eigenvalue weighted by molar-refractivity contribution is -0.395. The Morgan fingerprint density at radius 1 is 0.941 bits per heavy atom. The van der Waals surface area contributed by atoms with E-state index >= 15 is 0 Å². The van der Waals surface area contributed by atoms with Crippen molar-refractivity contribution in [1.29, 1.82) is 0 Å². The number of halogens is 1. The predicted octanol–water partition coefficient (Wildman–Crippen LogP) is 3.73. The summed E-state index contributed by atoms with van der Waals surface area (Å²) in [4.78, 5) is 41.1. The fourth-order valence-corrected chi connectivity index (χ4v) is 4.32. The molecule has 0 atom stereocenters. The van der Waals surface area contributed by atoms with Gasteiger partial charge in [-0.3, -0.25) is 25.0 Å². The summed E-state index contributed by atoms with van der Waals surface area (Å²) in [6, 6.07) is 8.47. The van der Waals surface area contributed by atoms with Crippen LogP contribution < -0.4 is 10.0 Å². The maximum absolute atomic E-state index is 12.6. The number of amides is 1. The second-order valence-electron chi connectivity index (χ2n) is 6.90. The predicted molar refractivity (Wildman–Crippen MR) is 124 cm³/mol. The summed E-state index contributed by atoms with van der Waals surface area (Å²) in [7, 11) is -4.02. The summed E-state index contributed by atoms with van der Waals surface area (Å²) in [5.74, 6) is -0.954. The molecule has 1 heterocycles. The minimum absolute atomic E-state index is 0.0895. The molecule has 13 nitrogen and oxygen atoms in total. The van der Waals surface area contributed by atoms with Gasteiger partial charge in [0, 0.05) is 29.2 Å². The Morgan fingerprint density at radius 2 is 1.44 bits per heavy atom. The molecule has 0 aliphatic heterocycles. The van der Waals surface area contributed by atoms with E-state index in [1.165, 1.54) is 24.3 Å². The van der Waals surface area contributed by atoms with Crippen LogP contribution in [0.25, 0.3) is 0 Å². The number of aromatic nitrogens is 2. The van der Waals surface area contributed by atoms with Crippen molar-refractivity contribution in [2.24, 2.45) is 0 Å². The van der Waals surface area contributed by atoms with Crippen LogP contribution in [-0.2, 0) is 10.0 Å². The molecule has 0 aliphatic rings. The summed E-state index contributed by atoms with van der Waals surface area (Å²) in [6.45, 7) is 3.39. The van der Waals surface area contributed by atoms with Crippen LogP contribution in [0, 0.1) is 34.1 Å². The third-order valence-corrected chi connectivity index (χ3v) is 6.48. The van der Waals surface area contributed by atoms with Gasteiger partial charge in [0.05, 0.1) is 20.3 Å². The van der Waals surface area contributed by atoms with Crippen molar-refractivity contribution in [1.82, 2.24) is 9.97 Å². The Bertz CT molecular complexity index is 1370. The SMILES string of the molecule is Cc1cc(C)nc(NS(=O)(=O)c2ccc(NC(=O)c3cc([N+](=O)[O-])c(Br)c([N+](=O)[O-])c3)cc2)n1. The number of sulfonamides is 1. The number of nitrogens with one attached hydrogen (secondary N) is 2. The summed E-state index contributed by atoms with van der Waals surface area (Å²) < 4.78 is 27.1. The number of anilines is 2. The molecule has 15 heteroatoms. The highest BCUT2D eigenvalue weighted by Gasteiger charge is 2.27. The molecule has 176 valence electrons. The zero-order valence-electron chi connectivity index (χ0n) is 17.5. The first-order valence-electron chi connectivity index (χ1n) is 9.26. The van der Waals surface area contributed by atoms with E-state index in [0.717, 1.165) is 12.1 Å². The lowest BCUT2D eigenvalue weighted by Crippen LogP contribution is -2.16. The third-order valence-electron chi connectivity index (χ3n) is 4.32. The van der Waals surface area contributed by atoms with Crippen molar-refractivity contribution in [3.63, 3.8) is 0 Å². The number of nitro benzene ring substituents is 2. The average Bonchev–Trinajstić information content (AvgIpc) is 2.72. The Labute approximate surface area is 200 Å². The van der Waals surface area contributed by atoms with Crippen LogP contribution >= 0.6 is 15.9 Å². The number of carbonyl (C=O) groups is 1. The Hall–Kier alpha value is -3.98. The number of nitrogens with zero attached hydrogens (tertiary/aromatic N) is 4. The highest BCUT2D eigenvalue weighted by Crippen LogP contribution is 2.35. The first-order valence-corrected chi connectivity index (χ1v) is 11.5. The Kier molecular flexibility index (Phi) is 6.88. The first kappa shape index (κ1) is 24.7. The van der Waals surface area contributed by atoms with Gasteiger partial charge in [-0.15, -0.1) is 0 Å². The number of benzene rings is 2. The number of hydrogen-bond donors (Lipinski definition) is 2. The van der Waals surface area contributed by atoms with Gasteiger partial charge in [-0.1, -0.05) is 0 Å². The molecule has 3 rings (SSSR count). The van der Waals surface area contributed by atoms with E-state index in [-0.39, 0.29) is 26.6 Å². The van der Waals surface area contributed by atoms with Crippen molar-refractivity contribution >= 4 is 54.9 Å². The van der Waals surface area contributed by atoms with Crippen LogP contribution in [0.15, 0.2) is 51.8 Å². The molecule has 0 bridgehead atoms. The number of hydrogen-bond acceptors (Lipinski definition) is 9. The monoisotopic (exact) mass is 550 g/mol. The molecule has 0 radical (unpaired) electrons. The topological polar surface area (TPSA) is 187 Å². The largest absolute Gasteiger partial charge is 0.322 e. The maximum Gasteiger partial charge on any atom is 0.291 e. The minimum atomic E-state index is -4.02. The molecule has 0 unspecified atom stereocenters. The zero-order chi connectivity index (χ0) is 25.2. The molecule has 0 saturated carbocycles. The van der Waals surface area contributed by atoms with Crippen LogP contribution in [0.5, 0.6) is 0 Å². The second-order valence-corrected chi connectivity index (χ2v) is 9.38. The molecule has 2 aromatic carbocycles. The fourth-order valence-electron chi connectivity index (χ4n) is 2.86. The lowest BCUT2D eigenvalue weighted by atomic mass is 10.1.